The van der Waals surface area contributed by atoms with Crippen molar-refractivity contribution in [1.29, 1.82) is 0 Å². The van der Waals surface area contributed by atoms with Crippen molar-refractivity contribution in [3.05, 3.63) is 21.9 Å². The van der Waals surface area contributed by atoms with Gasteiger partial charge in [0.15, 0.2) is 0 Å². The molecule has 1 N–H and O–H groups in total. The number of carbonyl (C=O) groups is 1. The SMILES string of the molecule is CCc1ccsc1CNC1CCN(C(C)=O)CC1. The van der Waals surface area contributed by atoms with Crippen LogP contribution in [0.1, 0.15) is 37.1 Å². The van der Waals surface area contributed by atoms with E-state index >= 15 is 0 Å². The number of likely N-dealkylation sites (tertiary alicyclic amines) is 1. The summed E-state index contributed by atoms with van der Waals surface area (Å²) in [7, 11) is 0. The molecule has 3 nitrogen and oxygen atoms in total. The first kappa shape index (κ1) is 13.6. The third-order valence-electron chi connectivity index (χ3n) is 3.71. The third-order valence-corrected chi connectivity index (χ3v) is 4.67. The van der Waals surface area contributed by atoms with Crippen LogP contribution in [-0.2, 0) is 17.8 Å². The second kappa shape index (κ2) is 6.34. The molecule has 0 unspecified atom stereocenters. The lowest BCUT2D eigenvalue weighted by molar-refractivity contribution is -0.129. The van der Waals surface area contributed by atoms with Crippen molar-refractivity contribution >= 4 is 17.2 Å². The lowest BCUT2D eigenvalue weighted by atomic mass is 10.0. The van der Waals surface area contributed by atoms with E-state index in [1.54, 1.807) is 6.92 Å². The minimum atomic E-state index is 0.208. The summed E-state index contributed by atoms with van der Waals surface area (Å²) in [5.74, 6) is 0.208. The molecular formula is C14H22N2OS. The number of hydrogen-bond acceptors (Lipinski definition) is 3. The van der Waals surface area contributed by atoms with Gasteiger partial charge >= 0.3 is 0 Å². The summed E-state index contributed by atoms with van der Waals surface area (Å²) in [6.07, 6.45) is 3.27. The van der Waals surface area contributed by atoms with Crippen LogP contribution in [-0.4, -0.2) is 29.9 Å². The lowest BCUT2D eigenvalue weighted by Crippen LogP contribution is -2.43. The monoisotopic (exact) mass is 266 g/mol. The minimum Gasteiger partial charge on any atom is -0.343 e. The van der Waals surface area contributed by atoms with Gasteiger partial charge in [-0.3, -0.25) is 4.79 Å². The zero-order valence-electron chi connectivity index (χ0n) is 11.2. The van der Waals surface area contributed by atoms with Crippen molar-refractivity contribution in [2.75, 3.05) is 13.1 Å². The van der Waals surface area contributed by atoms with Gasteiger partial charge in [-0.15, -0.1) is 11.3 Å². The van der Waals surface area contributed by atoms with Gasteiger partial charge in [0.1, 0.15) is 0 Å². The number of carbonyl (C=O) groups excluding carboxylic acids is 1. The number of nitrogens with one attached hydrogen (secondary N) is 1. The molecule has 0 radical (unpaired) electrons. The van der Waals surface area contributed by atoms with Gasteiger partial charge in [0.05, 0.1) is 0 Å². The largest absolute Gasteiger partial charge is 0.343 e. The highest BCUT2D eigenvalue weighted by Gasteiger charge is 2.20. The van der Waals surface area contributed by atoms with Crippen LogP contribution in [0.3, 0.4) is 0 Å². The molecule has 18 heavy (non-hydrogen) atoms. The summed E-state index contributed by atoms with van der Waals surface area (Å²) in [5, 5.41) is 5.81. The number of hydrogen-bond donors (Lipinski definition) is 1. The topological polar surface area (TPSA) is 32.3 Å². The molecule has 4 heteroatoms. The van der Waals surface area contributed by atoms with Gasteiger partial charge in [0.25, 0.3) is 0 Å². The number of thiophene rings is 1. The van der Waals surface area contributed by atoms with Crippen molar-refractivity contribution in [3.8, 4) is 0 Å². The zero-order valence-corrected chi connectivity index (χ0v) is 12.1. The Kier molecular flexibility index (Phi) is 4.78. The molecule has 0 spiro atoms. The fourth-order valence-corrected chi connectivity index (χ4v) is 3.40. The van der Waals surface area contributed by atoms with Crippen LogP contribution in [0, 0.1) is 0 Å². The van der Waals surface area contributed by atoms with Gasteiger partial charge < -0.3 is 10.2 Å². The van der Waals surface area contributed by atoms with E-state index in [0.717, 1.165) is 38.9 Å². The standard InChI is InChI=1S/C14H22N2OS/c1-3-12-6-9-18-14(12)10-15-13-4-7-16(8-5-13)11(2)17/h6,9,13,15H,3-5,7-8,10H2,1-2H3. The number of piperidine rings is 1. The van der Waals surface area contributed by atoms with E-state index in [4.69, 9.17) is 0 Å². The average molecular weight is 266 g/mol. The Morgan fingerprint density at radius 2 is 2.22 bits per heavy atom. The molecule has 1 aliphatic rings. The minimum absolute atomic E-state index is 0.208. The van der Waals surface area contributed by atoms with Crippen LogP contribution in [0.25, 0.3) is 0 Å². The fourth-order valence-electron chi connectivity index (χ4n) is 2.47. The molecule has 1 saturated heterocycles. The molecule has 1 aromatic rings. The van der Waals surface area contributed by atoms with Crippen molar-refractivity contribution in [1.82, 2.24) is 10.2 Å². The van der Waals surface area contributed by atoms with Crippen molar-refractivity contribution in [2.24, 2.45) is 0 Å². The molecule has 2 heterocycles. The number of amides is 1. The van der Waals surface area contributed by atoms with E-state index < -0.39 is 0 Å². The van der Waals surface area contributed by atoms with Crippen LogP contribution in [0.2, 0.25) is 0 Å². The predicted molar refractivity (Wildman–Crippen MR) is 75.8 cm³/mol. The Hall–Kier alpha value is -0.870. The summed E-state index contributed by atoms with van der Waals surface area (Å²) < 4.78 is 0. The maximum Gasteiger partial charge on any atom is 0.219 e. The van der Waals surface area contributed by atoms with E-state index in [1.165, 1.54) is 10.4 Å². The number of nitrogens with zero attached hydrogens (tertiary/aromatic N) is 1. The van der Waals surface area contributed by atoms with E-state index in [0.29, 0.717) is 6.04 Å². The summed E-state index contributed by atoms with van der Waals surface area (Å²) in [5.41, 5.74) is 1.47. The molecule has 0 saturated carbocycles. The zero-order chi connectivity index (χ0) is 13.0. The molecule has 1 aromatic heterocycles. The van der Waals surface area contributed by atoms with E-state index in [2.05, 4.69) is 23.7 Å². The molecule has 2 rings (SSSR count). The van der Waals surface area contributed by atoms with Crippen molar-refractivity contribution < 1.29 is 4.79 Å². The first-order valence-electron chi connectivity index (χ1n) is 6.74. The van der Waals surface area contributed by atoms with Crippen LogP contribution in [0.5, 0.6) is 0 Å². The van der Waals surface area contributed by atoms with Gasteiger partial charge in [-0.05, 0) is 36.3 Å². The van der Waals surface area contributed by atoms with Gasteiger partial charge in [-0.1, -0.05) is 6.92 Å². The summed E-state index contributed by atoms with van der Waals surface area (Å²) in [4.78, 5) is 14.7. The smallest absolute Gasteiger partial charge is 0.219 e. The summed E-state index contributed by atoms with van der Waals surface area (Å²) >= 11 is 1.84. The first-order valence-corrected chi connectivity index (χ1v) is 7.62. The highest BCUT2D eigenvalue weighted by Crippen LogP contribution is 2.18. The molecule has 1 amide bonds. The van der Waals surface area contributed by atoms with Gasteiger partial charge in [-0.2, -0.15) is 0 Å². The molecule has 0 bridgehead atoms. The normalized spacial score (nSPS) is 17.1. The number of rotatable bonds is 4. The predicted octanol–water partition coefficient (Wildman–Crippen LogP) is 2.41. The maximum atomic E-state index is 11.2. The highest BCUT2D eigenvalue weighted by molar-refractivity contribution is 7.10. The van der Waals surface area contributed by atoms with Gasteiger partial charge in [0, 0.05) is 37.5 Å². The fraction of sp³-hybridized carbons (Fsp3) is 0.643. The average Bonchev–Trinajstić information content (AvgIpc) is 2.84. The quantitative estimate of drug-likeness (QED) is 0.907. The Balaban J connectivity index is 1.77. The molecular weight excluding hydrogens is 244 g/mol. The van der Waals surface area contributed by atoms with E-state index in [-0.39, 0.29) is 5.91 Å². The first-order chi connectivity index (χ1) is 8.70. The molecule has 0 atom stereocenters. The van der Waals surface area contributed by atoms with E-state index in [1.807, 2.05) is 16.2 Å². The van der Waals surface area contributed by atoms with Crippen LogP contribution >= 0.6 is 11.3 Å². The Bertz CT molecular complexity index is 394. The Morgan fingerprint density at radius 1 is 1.50 bits per heavy atom. The second-order valence-electron chi connectivity index (χ2n) is 4.88. The summed E-state index contributed by atoms with van der Waals surface area (Å²) in [6.45, 7) is 6.64. The molecule has 0 aliphatic carbocycles. The second-order valence-corrected chi connectivity index (χ2v) is 5.88. The summed E-state index contributed by atoms with van der Waals surface area (Å²) in [6, 6.07) is 2.78. The van der Waals surface area contributed by atoms with Crippen molar-refractivity contribution in [3.63, 3.8) is 0 Å². The van der Waals surface area contributed by atoms with Crippen LogP contribution < -0.4 is 5.32 Å². The van der Waals surface area contributed by atoms with Crippen LogP contribution in [0.15, 0.2) is 11.4 Å². The maximum absolute atomic E-state index is 11.2. The Morgan fingerprint density at radius 3 is 2.83 bits per heavy atom. The van der Waals surface area contributed by atoms with Crippen molar-refractivity contribution in [2.45, 2.75) is 45.7 Å². The van der Waals surface area contributed by atoms with Gasteiger partial charge in [-0.25, -0.2) is 0 Å². The molecule has 100 valence electrons. The lowest BCUT2D eigenvalue weighted by Gasteiger charge is -2.31. The van der Waals surface area contributed by atoms with Crippen LogP contribution in [0.4, 0.5) is 0 Å². The molecule has 1 fully saturated rings. The number of aryl methyl sites for hydroxylation is 1. The van der Waals surface area contributed by atoms with E-state index in [9.17, 15) is 4.79 Å². The molecule has 0 aromatic carbocycles. The molecule has 1 aliphatic heterocycles. The Labute approximate surface area is 113 Å². The third kappa shape index (κ3) is 3.33. The van der Waals surface area contributed by atoms with Gasteiger partial charge in [0.2, 0.25) is 5.91 Å². The highest BCUT2D eigenvalue weighted by atomic mass is 32.1.